The number of allylic oxidation sites excluding steroid dienone is 1. The van der Waals surface area contributed by atoms with Crippen molar-refractivity contribution in [3.63, 3.8) is 0 Å². The lowest BCUT2D eigenvalue weighted by Crippen LogP contribution is -2.19. The molecule has 58 valence electrons. The van der Waals surface area contributed by atoms with Gasteiger partial charge in [-0.15, -0.1) is 0 Å². The van der Waals surface area contributed by atoms with Gasteiger partial charge >= 0.3 is 0 Å². The lowest BCUT2D eigenvalue weighted by Gasteiger charge is -2.11. The van der Waals surface area contributed by atoms with Crippen molar-refractivity contribution in [1.82, 2.24) is 0 Å². The molecule has 0 N–H and O–H groups in total. The molecule has 1 heterocycles. The van der Waals surface area contributed by atoms with Gasteiger partial charge < -0.3 is 0 Å². The molecule has 0 saturated carbocycles. The minimum atomic E-state index is 0.769. The van der Waals surface area contributed by atoms with E-state index in [0.717, 1.165) is 10.9 Å². The predicted octanol–water partition coefficient (Wildman–Crippen LogP) is 2.36. The topological polar surface area (TPSA) is 0 Å². The molecule has 10 heavy (non-hydrogen) atoms. The molecule has 0 radical (unpaired) electrons. The first-order valence-electron chi connectivity index (χ1n) is 4.18. The minimum Gasteiger partial charge on any atom is -0.0870 e. The van der Waals surface area contributed by atoms with Gasteiger partial charge in [0.05, 0.1) is 0 Å². The van der Waals surface area contributed by atoms with Crippen molar-refractivity contribution >= 4 is 10.9 Å². The summed E-state index contributed by atoms with van der Waals surface area (Å²) in [4.78, 5) is 0. The van der Waals surface area contributed by atoms with Gasteiger partial charge in [0.2, 0.25) is 0 Å². The second-order valence-electron chi connectivity index (χ2n) is 2.82. The van der Waals surface area contributed by atoms with Crippen LogP contribution in [0.3, 0.4) is 0 Å². The molecule has 0 atom stereocenters. The highest BCUT2D eigenvalue weighted by Gasteiger charge is 2.19. The summed E-state index contributed by atoms with van der Waals surface area (Å²) in [5.41, 5.74) is 0. The van der Waals surface area contributed by atoms with E-state index in [4.69, 9.17) is 0 Å². The smallest absolute Gasteiger partial charge is 0.0870 e. The van der Waals surface area contributed by atoms with E-state index in [1.54, 1.807) is 0 Å². The Bertz CT molecular complexity index is 101. The lowest BCUT2D eigenvalue weighted by molar-refractivity contribution is 0.757. The fraction of sp³-hybridized carbons (Fsp3) is 0.778. The molecule has 0 aromatic rings. The van der Waals surface area contributed by atoms with Crippen LogP contribution in [0.2, 0.25) is 0 Å². The Hall–Kier alpha value is 0.0900. The van der Waals surface area contributed by atoms with Crippen LogP contribution in [-0.4, -0.2) is 17.3 Å². The molecule has 0 unspecified atom stereocenters. The summed E-state index contributed by atoms with van der Waals surface area (Å²) in [6.07, 6.45) is 8.97. The largest absolute Gasteiger partial charge is 0.126 e. The van der Waals surface area contributed by atoms with Gasteiger partial charge in [-0.1, -0.05) is 6.08 Å². The van der Waals surface area contributed by atoms with Crippen LogP contribution < -0.4 is 0 Å². The normalized spacial score (nSPS) is 22.1. The van der Waals surface area contributed by atoms with Crippen LogP contribution >= 0.6 is 0 Å². The SMILES string of the molecule is CC=CC[S+]1CCCCC1. The summed E-state index contributed by atoms with van der Waals surface area (Å²) in [5.74, 6) is 4.37. The van der Waals surface area contributed by atoms with Crippen molar-refractivity contribution in [2.24, 2.45) is 0 Å². The van der Waals surface area contributed by atoms with Crippen LogP contribution in [0, 0.1) is 0 Å². The van der Waals surface area contributed by atoms with Crippen molar-refractivity contribution in [1.29, 1.82) is 0 Å². The van der Waals surface area contributed by atoms with E-state index >= 15 is 0 Å². The Morgan fingerprint density at radius 2 is 1.90 bits per heavy atom. The molecule has 0 aromatic carbocycles. The van der Waals surface area contributed by atoms with Crippen molar-refractivity contribution in [3.8, 4) is 0 Å². The van der Waals surface area contributed by atoms with Crippen molar-refractivity contribution in [3.05, 3.63) is 12.2 Å². The van der Waals surface area contributed by atoms with E-state index in [1.165, 1.54) is 36.5 Å². The van der Waals surface area contributed by atoms with Crippen molar-refractivity contribution < 1.29 is 0 Å². The zero-order valence-corrected chi connectivity index (χ0v) is 7.62. The third kappa shape index (κ3) is 2.78. The van der Waals surface area contributed by atoms with Crippen LogP contribution in [0.1, 0.15) is 26.2 Å². The number of rotatable bonds is 2. The summed E-state index contributed by atoms with van der Waals surface area (Å²) < 4.78 is 0. The van der Waals surface area contributed by atoms with E-state index in [-0.39, 0.29) is 0 Å². The van der Waals surface area contributed by atoms with Crippen LogP contribution in [0.5, 0.6) is 0 Å². The highest BCUT2D eigenvalue weighted by atomic mass is 32.2. The minimum absolute atomic E-state index is 0.769. The lowest BCUT2D eigenvalue weighted by atomic mass is 10.3. The molecule has 0 aliphatic carbocycles. The quantitative estimate of drug-likeness (QED) is 0.426. The Kier molecular flexibility index (Phi) is 3.96. The maximum absolute atomic E-state index is 2.33. The predicted molar refractivity (Wildman–Crippen MR) is 50.6 cm³/mol. The second kappa shape index (κ2) is 4.84. The van der Waals surface area contributed by atoms with Gasteiger partial charge in [0, 0.05) is 0 Å². The maximum Gasteiger partial charge on any atom is 0.126 e. The van der Waals surface area contributed by atoms with Crippen LogP contribution in [0.4, 0.5) is 0 Å². The van der Waals surface area contributed by atoms with Crippen LogP contribution in [0.25, 0.3) is 0 Å². The van der Waals surface area contributed by atoms with E-state index < -0.39 is 0 Å². The number of hydrogen-bond acceptors (Lipinski definition) is 0. The zero-order chi connectivity index (χ0) is 7.23. The third-order valence-electron chi connectivity index (χ3n) is 1.93. The van der Waals surface area contributed by atoms with Crippen molar-refractivity contribution in [2.75, 3.05) is 17.3 Å². The van der Waals surface area contributed by atoms with Crippen LogP contribution in [0.15, 0.2) is 12.2 Å². The Morgan fingerprint density at radius 1 is 1.20 bits per heavy atom. The summed E-state index contributed by atoms with van der Waals surface area (Å²) in [7, 11) is 0.769. The van der Waals surface area contributed by atoms with Gasteiger partial charge in [0.25, 0.3) is 0 Å². The van der Waals surface area contributed by atoms with Crippen molar-refractivity contribution in [2.45, 2.75) is 26.2 Å². The monoisotopic (exact) mass is 157 g/mol. The summed E-state index contributed by atoms with van der Waals surface area (Å²) in [5, 5.41) is 0. The van der Waals surface area contributed by atoms with E-state index in [0.29, 0.717) is 0 Å². The summed E-state index contributed by atoms with van der Waals surface area (Å²) >= 11 is 0. The molecule has 0 aromatic heterocycles. The summed E-state index contributed by atoms with van der Waals surface area (Å²) in [6.45, 7) is 2.12. The molecular weight excluding hydrogens is 140 g/mol. The molecule has 1 aliphatic rings. The molecule has 0 amide bonds. The molecular formula is C9H17S+. The first-order chi connectivity index (χ1) is 4.93. The standard InChI is InChI=1S/C9H17S/c1-2-3-7-10-8-5-4-6-9-10/h2-3H,4-9H2,1H3/q+1. The van der Waals surface area contributed by atoms with E-state index in [2.05, 4.69) is 19.1 Å². The highest BCUT2D eigenvalue weighted by Crippen LogP contribution is 2.13. The van der Waals surface area contributed by atoms with E-state index in [1.807, 2.05) is 0 Å². The fourth-order valence-corrected chi connectivity index (χ4v) is 3.52. The molecule has 1 heteroatoms. The average Bonchev–Trinajstić information content (AvgIpc) is 2.03. The van der Waals surface area contributed by atoms with Crippen LogP contribution in [-0.2, 0) is 10.9 Å². The molecule has 1 rings (SSSR count). The molecule has 0 nitrogen and oxygen atoms in total. The molecule has 1 aliphatic heterocycles. The van der Waals surface area contributed by atoms with Gasteiger partial charge in [-0.2, -0.15) is 0 Å². The first kappa shape index (κ1) is 8.19. The maximum atomic E-state index is 2.33. The fourth-order valence-electron chi connectivity index (χ4n) is 1.29. The van der Waals surface area contributed by atoms with Gasteiger partial charge in [-0.25, -0.2) is 0 Å². The van der Waals surface area contributed by atoms with Gasteiger partial charge in [-0.3, -0.25) is 0 Å². The highest BCUT2D eigenvalue weighted by molar-refractivity contribution is 7.97. The van der Waals surface area contributed by atoms with Gasteiger partial charge in [0.15, 0.2) is 0 Å². The van der Waals surface area contributed by atoms with Gasteiger partial charge in [-0.05, 0) is 43.2 Å². The molecule has 0 spiro atoms. The molecule has 1 fully saturated rings. The van der Waals surface area contributed by atoms with Gasteiger partial charge in [0.1, 0.15) is 17.3 Å². The Labute approximate surface area is 67.1 Å². The Balaban J connectivity index is 2.13. The van der Waals surface area contributed by atoms with E-state index in [9.17, 15) is 0 Å². The second-order valence-corrected chi connectivity index (χ2v) is 5.19. The molecule has 1 saturated heterocycles. The Morgan fingerprint density at radius 3 is 2.50 bits per heavy atom. The average molecular weight is 157 g/mol. The first-order valence-corrected chi connectivity index (χ1v) is 5.92. The molecule has 0 bridgehead atoms. The zero-order valence-electron chi connectivity index (χ0n) is 6.81. The summed E-state index contributed by atoms with van der Waals surface area (Å²) in [6, 6.07) is 0. The third-order valence-corrected chi connectivity index (χ3v) is 4.33. The number of hydrogen-bond donors (Lipinski definition) is 0.